The van der Waals surface area contributed by atoms with Gasteiger partial charge in [0.1, 0.15) is 5.75 Å². The zero-order valence-electron chi connectivity index (χ0n) is 9.35. The number of phenols is 1. The summed E-state index contributed by atoms with van der Waals surface area (Å²) in [6, 6.07) is 10.9. The number of hydrogen-bond acceptors (Lipinski definition) is 3. The van der Waals surface area contributed by atoms with Gasteiger partial charge in [-0.2, -0.15) is 0 Å². The number of nitrogens with one attached hydrogen (secondary N) is 1. The highest BCUT2D eigenvalue weighted by molar-refractivity contribution is 6.33. The number of aromatic hydroxyl groups is 1. The molecule has 0 saturated heterocycles. The Bertz CT molecular complexity index is 599. The van der Waals surface area contributed by atoms with E-state index in [0.717, 1.165) is 0 Å². The maximum atomic E-state index is 11.9. The summed E-state index contributed by atoms with van der Waals surface area (Å²) in [7, 11) is 0. The molecule has 5 heteroatoms. The van der Waals surface area contributed by atoms with Crippen LogP contribution >= 0.6 is 11.6 Å². The van der Waals surface area contributed by atoms with E-state index in [4.69, 9.17) is 17.3 Å². The SMILES string of the molecule is Nc1ccc(NC(=O)c2cccc(O)c2)cc1Cl. The molecule has 4 N–H and O–H groups in total. The minimum absolute atomic E-state index is 0.0398. The molecule has 0 aliphatic rings. The van der Waals surface area contributed by atoms with Gasteiger partial charge in [0, 0.05) is 11.3 Å². The van der Waals surface area contributed by atoms with E-state index in [0.29, 0.717) is 22.0 Å². The van der Waals surface area contributed by atoms with Crippen molar-refractivity contribution in [3.8, 4) is 5.75 Å². The third-order valence-corrected chi connectivity index (χ3v) is 2.69. The predicted octanol–water partition coefficient (Wildman–Crippen LogP) is 2.88. The molecule has 0 heterocycles. The van der Waals surface area contributed by atoms with Gasteiger partial charge < -0.3 is 16.2 Å². The first-order valence-corrected chi connectivity index (χ1v) is 5.59. The van der Waals surface area contributed by atoms with Crippen LogP contribution in [0.1, 0.15) is 10.4 Å². The van der Waals surface area contributed by atoms with Gasteiger partial charge in [-0.25, -0.2) is 0 Å². The molecule has 2 aromatic carbocycles. The molecule has 92 valence electrons. The summed E-state index contributed by atoms with van der Waals surface area (Å²) in [6.45, 7) is 0. The summed E-state index contributed by atoms with van der Waals surface area (Å²) in [5.41, 5.74) is 6.93. The van der Waals surface area contributed by atoms with Crippen molar-refractivity contribution < 1.29 is 9.90 Å². The number of nitrogens with two attached hydrogens (primary N) is 1. The van der Waals surface area contributed by atoms with Gasteiger partial charge in [0.05, 0.1) is 10.7 Å². The number of phenolic OH excluding ortho intramolecular Hbond substituents is 1. The van der Waals surface area contributed by atoms with Crippen LogP contribution in [0.2, 0.25) is 5.02 Å². The predicted molar refractivity (Wildman–Crippen MR) is 71.9 cm³/mol. The molecular formula is C13H11ClN2O2. The summed E-state index contributed by atoms with van der Waals surface area (Å²) in [4.78, 5) is 11.9. The highest BCUT2D eigenvalue weighted by atomic mass is 35.5. The number of carbonyl (C=O) groups is 1. The Morgan fingerprint density at radius 3 is 2.67 bits per heavy atom. The van der Waals surface area contributed by atoms with Gasteiger partial charge in [0.25, 0.3) is 5.91 Å². The zero-order valence-corrected chi connectivity index (χ0v) is 10.1. The largest absolute Gasteiger partial charge is 0.508 e. The third-order valence-electron chi connectivity index (χ3n) is 2.37. The molecule has 0 radical (unpaired) electrons. The summed E-state index contributed by atoms with van der Waals surface area (Å²) in [6.07, 6.45) is 0. The number of halogens is 1. The number of anilines is 2. The Kier molecular flexibility index (Phi) is 3.39. The van der Waals surface area contributed by atoms with Crippen LogP contribution < -0.4 is 11.1 Å². The van der Waals surface area contributed by atoms with Crippen molar-refractivity contribution in [2.24, 2.45) is 0 Å². The van der Waals surface area contributed by atoms with Crippen LogP contribution in [-0.4, -0.2) is 11.0 Å². The number of carbonyl (C=O) groups excluding carboxylic acids is 1. The summed E-state index contributed by atoms with van der Waals surface area (Å²) < 4.78 is 0. The number of amides is 1. The quantitative estimate of drug-likeness (QED) is 0.729. The van der Waals surface area contributed by atoms with Crippen LogP contribution in [0.5, 0.6) is 5.75 Å². The van der Waals surface area contributed by atoms with Gasteiger partial charge in [0.15, 0.2) is 0 Å². The van der Waals surface area contributed by atoms with Gasteiger partial charge in [-0.3, -0.25) is 4.79 Å². The molecule has 0 spiro atoms. The first-order chi connectivity index (χ1) is 8.56. The van der Waals surface area contributed by atoms with Crippen LogP contribution in [-0.2, 0) is 0 Å². The molecule has 0 saturated carbocycles. The van der Waals surface area contributed by atoms with E-state index in [1.54, 1.807) is 30.3 Å². The molecule has 2 aromatic rings. The van der Waals surface area contributed by atoms with Crippen molar-refractivity contribution in [1.82, 2.24) is 0 Å². The second-order valence-electron chi connectivity index (χ2n) is 3.74. The number of rotatable bonds is 2. The monoisotopic (exact) mass is 262 g/mol. The normalized spacial score (nSPS) is 10.1. The molecule has 0 atom stereocenters. The summed E-state index contributed by atoms with van der Waals surface area (Å²) >= 11 is 5.85. The van der Waals surface area contributed by atoms with E-state index in [1.807, 2.05) is 0 Å². The van der Waals surface area contributed by atoms with E-state index >= 15 is 0 Å². The fourth-order valence-corrected chi connectivity index (χ4v) is 1.64. The average Bonchev–Trinajstić information content (AvgIpc) is 2.34. The van der Waals surface area contributed by atoms with Crippen molar-refractivity contribution in [3.63, 3.8) is 0 Å². The lowest BCUT2D eigenvalue weighted by Crippen LogP contribution is -2.11. The maximum Gasteiger partial charge on any atom is 0.255 e. The topological polar surface area (TPSA) is 75.3 Å². The van der Waals surface area contributed by atoms with Crippen LogP contribution in [0.4, 0.5) is 11.4 Å². The van der Waals surface area contributed by atoms with Gasteiger partial charge >= 0.3 is 0 Å². The lowest BCUT2D eigenvalue weighted by molar-refractivity contribution is 0.102. The molecule has 0 aromatic heterocycles. The van der Waals surface area contributed by atoms with E-state index in [9.17, 15) is 9.90 Å². The molecule has 0 unspecified atom stereocenters. The average molecular weight is 263 g/mol. The lowest BCUT2D eigenvalue weighted by atomic mass is 10.2. The minimum Gasteiger partial charge on any atom is -0.508 e. The van der Waals surface area contributed by atoms with Gasteiger partial charge in [-0.05, 0) is 36.4 Å². The number of hydrogen-bond donors (Lipinski definition) is 3. The van der Waals surface area contributed by atoms with Crippen molar-refractivity contribution in [2.45, 2.75) is 0 Å². The van der Waals surface area contributed by atoms with Gasteiger partial charge in [0.2, 0.25) is 0 Å². The smallest absolute Gasteiger partial charge is 0.255 e. The maximum absolute atomic E-state index is 11.9. The van der Waals surface area contributed by atoms with Crippen molar-refractivity contribution >= 4 is 28.9 Å². The third kappa shape index (κ3) is 2.73. The first kappa shape index (κ1) is 12.3. The zero-order chi connectivity index (χ0) is 13.1. The van der Waals surface area contributed by atoms with Crippen LogP contribution in [0.25, 0.3) is 0 Å². The van der Waals surface area contributed by atoms with Crippen molar-refractivity contribution in [2.75, 3.05) is 11.1 Å². The molecule has 0 bridgehead atoms. The first-order valence-electron chi connectivity index (χ1n) is 5.21. The van der Waals surface area contributed by atoms with Gasteiger partial charge in [-0.15, -0.1) is 0 Å². The standard InChI is InChI=1S/C13H11ClN2O2/c14-11-7-9(4-5-12(11)15)16-13(18)8-2-1-3-10(17)6-8/h1-7,17H,15H2,(H,16,18). The molecule has 18 heavy (non-hydrogen) atoms. The Morgan fingerprint density at radius 2 is 2.00 bits per heavy atom. The van der Waals surface area contributed by atoms with E-state index in [1.165, 1.54) is 12.1 Å². The Labute approximate surface area is 109 Å². The Balaban J connectivity index is 2.18. The van der Waals surface area contributed by atoms with Crippen molar-refractivity contribution in [3.05, 3.63) is 53.1 Å². The summed E-state index contributed by atoms with van der Waals surface area (Å²) in [5.74, 6) is -0.287. The lowest BCUT2D eigenvalue weighted by Gasteiger charge is -2.07. The minimum atomic E-state index is -0.327. The highest BCUT2D eigenvalue weighted by Gasteiger charge is 2.07. The molecule has 0 aliphatic heterocycles. The fourth-order valence-electron chi connectivity index (χ4n) is 1.46. The Morgan fingerprint density at radius 1 is 1.22 bits per heavy atom. The molecule has 0 aliphatic carbocycles. The molecule has 2 rings (SSSR count). The number of benzene rings is 2. The second-order valence-corrected chi connectivity index (χ2v) is 4.15. The summed E-state index contributed by atoms with van der Waals surface area (Å²) in [5, 5.41) is 12.3. The van der Waals surface area contributed by atoms with Gasteiger partial charge in [-0.1, -0.05) is 17.7 Å². The van der Waals surface area contributed by atoms with Crippen LogP contribution in [0.3, 0.4) is 0 Å². The Hall–Kier alpha value is -2.20. The second kappa shape index (κ2) is 4.98. The van der Waals surface area contributed by atoms with E-state index < -0.39 is 0 Å². The van der Waals surface area contributed by atoms with E-state index in [-0.39, 0.29) is 11.7 Å². The van der Waals surface area contributed by atoms with Crippen LogP contribution in [0, 0.1) is 0 Å². The van der Waals surface area contributed by atoms with Crippen molar-refractivity contribution in [1.29, 1.82) is 0 Å². The highest BCUT2D eigenvalue weighted by Crippen LogP contribution is 2.23. The molecule has 4 nitrogen and oxygen atoms in total. The van der Waals surface area contributed by atoms with E-state index in [2.05, 4.69) is 5.32 Å². The van der Waals surface area contributed by atoms with Crippen LogP contribution in [0.15, 0.2) is 42.5 Å². The molecular weight excluding hydrogens is 252 g/mol. The fraction of sp³-hybridized carbons (Fsp3) is 0. The molecule has 0 fully saturated rings. The number of nitrogen functional groups attached to an aromatic ring is 1. The molecule has 1 amide bonds.